The minimum absolute atomic E-state index is 0.0522. The van der Waals surface area contributed by atoms with E-state index < -0.39 is 5.82 Å². The number of aliphatic hydroxyl groups excluding tert-OH is 1. The highest BCUT2D eigenvalue weighted by atomic mass is 19.1. The molecule has 0 aromatic heterocycles. The van der Waals surface area contributed by atoms with Gasteiger partial charge in [-0.2, -0.15) is 0 Å². The molecule has 18 heavy (non-hydrogen) atoms. The van der Waals surface area contributed by atoms with Crippen LogP contribution in [0.4, 0.5) is 10.1 Å². The number of amides is 1. The van der Waals surface area contributed by atoms with Crippen LogP contribution in [0.3, 0.4) is 0 Å². The summed E-state index contributed by atoms with van der Waals surface area (Å²) in [4.78, 5) is 13.7. The summed E-state index contributed by atoms with van der Waals surface area (Å²) in [6.45, 7) is 1.06. The first-order valence-corrected chi connectivity index (χ1v) is 6.10. The SMILES string of the molecule is O=C(CN1CCC[C@H]1CO)Nc1ccccc1F. The summed E-state index contributed by atoms with van der Waals surface area (Å²) in [6.07, 6.45) is 1.89. The second-order valence-electron chi connectivity index (χ2n) is 4.48. The molecule has 2 N–H and O–H groups in total. The molecule has 0 aliphatic carbocycles. The van der Waals surface area contributed by atoms with E-state index in [4.69, 9.17) is 5.11 Å². The molecule has 4 nitrogen and oxygen atoms in total. The zero-order valence-electron chi connectivity index (χ0n) is 10.1. The van der Waals surface area contributed by atoms with E-state index in [9.17, 15) is 9.18 Å². The Morgan fingerprint density at radius 3 is 3.00 bits per heavy atom. The summed E-state index contributed by atoms with van der Waals surface area (Å²) in [5.41, 5.74) is 0.197. The number of carbonyl (C=O) groups excluding carboxylic acids is 1. The van der Waals surface area contributed by atoms with Crippen LogP contribution in [-0.2, 0) is 4.79 Å². The average molecular weight is 252 g/mol. The van der Waals surface area contributed by atoms with Gasteiger partial charge in [-0.3, -0.25) is 9.69 Å². The van der Waals surface area contributed by atoms with Crippen molar-refractivity contribution in [3.8, 4) is 0 Å². The van der Waals surface area contributed by atoms with E-state index in [0.29, 0.717) is 0 Å². The number of hydrogen-bond acceptors (Lipinski definition) is 3. The van der Waals surface area contributed by atoms with Crippen LogP contribution in [-0.4, -0.2) is 41.7 Å². The van der Waals surface area contributed by atoms with Crippen LogP contribution in [0.1, 0.15) is 12.8 Å². The third-order valence-electron chi connectivity index (χ3n) is 3.20. The molecule has 1 aromatic rings. The Balaban J connectivity index is 1.91. The molecule has 5 heteroatoms. The number of anilines is 1. The Morgan fingerprint density at radius 1 is 1.50 bits per heavy atom. The van der Waals surface area contributed by atoms with E-state index in [-0.39, 0.29) is 30.8 Å². The number of para-hydroxylation sites is 1. The highest BCUT2D eigenvalue weighted by Crippen LogP contribution is 2.17. The van der Waals surface area contributed by atoms with Gasteiger partial charge in [0, 0.05) is 6.04 Å². The van der Waals surface area contributed by atoms with Crippen molar-refractivity contribution < 1.29 is 14.3 Å². The van der Waals surface area contributed by atoms with Crippen molar-refractivity contribution in [1.82, 2.24) is 4.90 Å². The average Bonchev–Trinajstić information content (AvgIpc) is 2.79. The Kier molecular flexibility index (Phi) is 4.28. The standard InChI is InChI=1S/C13H17FN2O2/c14-11-5-1-2-6-12(11)15-13(18)8-16-7-3-4-10(16)9-17/h1-2,5-6,10,17H,3-4,7-9H2,(H,15,18)/t10-/m0/s1. The van der Waals surface area contributed by atoms with Crippen molar-refractivity contribution in [2.24, 2.45) is 0 Å². The first kappa shape index (κ1) is 13.0. The van der Waals surface area contributed by atoms with Gasteiger partial charge < -0.3 is 10.4 Å². The number of rotatable bonds is 4. The van der Waals surface area contributed by atoms with Crippen molar-refractivity contribution in [2.45, 2.75) is 18.9 Å². The number of nitrogens with one attached hydrogen (secondary N) is 1. The highest BCUT2D eigenvalue weighted by Gasteiger charge is 2.25. The molecular formula is C13H17FN2O2. The van der Waals surface area contributed by atoms with E-state index in [1.165, 1.54) is 12.1 Å². The fourth-order valence-electron chi connectivity index (χ4n) is 2.25. The molecule has 1 saturated heterocycles. The molecule has 1 atom stereocenters. The first-order chi connectivity index (χ1) is 8.70. The Bertz CT molecular complexity index is 425. The molecule has 0 saturated carbocycles. The maximum absolute atomic E-state index is 13.3. The zero-order valence-corrected chi connectivity index (χ0v) is 10.1. The third kappa shape index (κ3) is 3.05. The summed E-state index contributed by atoms with van der Waals surface area (Å²) in [6, 6.07) is 6.14. The van der Waals surface area contributed by atoms with Crippen LogP contribution in [0.5, 0.6) is 0 Å². The van der Waals surface area contributed by atoms with Gasteiger partial charge in [-0.05, 0) is 31.5 Å². The molecule has 0 spiro atoms. The number of nitrogens with zero attached hydrogens (tertiary/aromatic N) is 1. The van der Waals surface area contributed by atoms with Crippen LogP contribution in [0.15, 0.2) is 24.3 Å². The van der Waals surface area contributed by atoms with Gasteiger partial charge in [0.15, 0.2) is 0 Å². The predicted molar refractivity (Wildman–Crippen MR) is 66.7 cm³/mol. The lowest BCUT2D eigenvalue weighted by atomic mass is 10.2. The molecule has 2 rings (SSSR count). The lowest BCUT2D eigenvalue weighted by Crippen LogP contribution is -2.38. The summed E-state index contributed by atoms with van der Waals surface area (Å²) in [7, 11) is 0. The highest BCUT2D eigenvalue weighted by molar-refractivity contribution is 5.92. The molecule has 1 aromatic carbocycles. The lowest BCUT2D eigenvalue weighted by Gasteiger charge is -2.21. The van der Waals surface area contributed by atoms with Crippen LogP contribution < -0.4 is 5.32 Å². The van der Waals surface area contributed by atoms with Gasteiger partial charge in [0.2, 0.25) is 5.91 Å². The number of carbonyl (C=O) groups is 1. The first-order valence-electron chi connectivity index (χ1n) is 6.10. The lowest BCUT2D eigenvalue weighted by molar-refractivity contribution is -0.117. The number of halogens is 1. The summed E-state index contributed by atoms with van der Waals surface area (Å²) in [5.74, 6) is -0.688. The van der Waals surface area contributed by atoms with Crippen LogP contribution in [0, 0.1) is 5.82 Å². The number of likely N-dealkylation sites (tertiary alicyclic amines) is 1. The van der Waals surface area contributed by atoms with E-state index in [1.807, 2.05) is 4.90 Å². The van der Waals surface area contributed by atoms with Gasteiger partial charge in [-0.25, -0.2) is 4.39 Å². The smallest absolute Gasteiger partial charge is 0.238 e. The monoisotopic (exact) mass is 252 g/mol. The topological polar surface area (TPSA) is 52.6 Å². The van der Waals surface area contributed by atoms with Crippen molar-refractivity contribution in [1.29, 1.82) is 0 Å². The van der Waals surface area contributed by atoms with E-state index >= 15 is 0 Å². The number of hydrogen-bond donors (Lipinski definition) is 2. The Labute approximate surface area is 105 Å². The van der Waals surface area contributed by atoms with Crippen molar-refractivity contribution in [3.63, 3.8) is 0 Å². The number of benzene rings is 1. The largest absolute Gasteiger partial charge is 0.395 e. The molecule has 1 amide bonds. The van der Waals surface area contributed by atoms with Gasteiger partial charge in [-0.15, -0.1) is 0 Å². The van der Waals surface area contributed by atoms with Gasteiger partial charge >= 0.3 is 0 Å². The Hall–Kier alpha value is -1.46. The predicted octanol–water partition coefficient (Wildman–Crippen LogP) is 1.22. The molecule has 1 fully saturated rings. The quantitative estimate of drug-likeness (QED) is 0.847. The van der Waals surface area contributed by atoms with E-state index in [1.54, 1.807) is 12.1 Å². The minimum Gasteiger partial charge on any atom is -0.395 e. The Morgan fingerprint density at radius 2 is 2.28 bits per heavy atom. The third-order valence-corrected chi connectivity index (χ3v) is 3.20. The zero-order chi connectivity index (χ0) is 13.0. The second kappa shape index (κ2) is 5.93. The molecule has 1 aliphatic heterocycles. The summed E-state index contributed by atoms with van der Waals surface area (Å²) >= 11 is 0. The van der Waals surface area contributed by atoms with Gasteiger partial charge in [-0.1, -0.05) is 12.1 Å². The van der Waals surface area contributed by atoms with Crippen LogP contribution in [0.2, 0.25) is 0 Å². The van der Waals surface area contributed by atoms with Crippen molar-refractivity contribution >= 4 is 11.6 Å². The molecule has 0 radical (unpaired) electrons. The summed E-state index contributed by atoms with van der Waals surface area (Å²) < 4.78 is 13.3. The maximum atomic E-state index is 13.3. The van der Waals surface area contributed by atoms with Gasteiger partial charge in [0.05, 0.1) is 18.8 Å². The van der Waals surface area contributed by atoms with E-state index in [2.05, 4.69) is 5.32 Å². The summed E-state index contributed by atoms with van der Waals surface area (Å²) in [5, 5.41) is 11.7. The molecule has 1 heterocycles. The number of aliphatic hydroxyl groups is 1. The van der Waals surface area contributed by atoms with Crippen LogP contribution >= 0.6 is 0 Å². The molecule has 0 unspecified atom stereocenters. The fraction of sp³-hybridized carbons (Fsp3) is 0.462. The van der Waals surface area contributed by atoms with Gasteiger partial charge in [0.25, 0.3) is 0 Å². The van der Waals surface area contributed by atoms with Crippen molar-refractivity contribution in [2.75, 3.05) is 25.0 Å². The second-order valence-corrected chi connectivity index (χ2v) is 4.48. The fourth-order valence-corrected chi connectivity index (χ4v) is 2.25. The molecule has 1 aliphatic rings. The normalized spacial score (nSPS) is 20.0. The van der Waals surface area contributed by atoms with Gasteiger partial charge in [0.1, 0.15) is 5.82 Å². The molecule has 0 bridgehead atoms. The molecule has 98 valence electrons. The minimum atomic E-state index is -0.439. The maximum Gasteiger partial charge on any atom is 0.238 e. The van der Waals surface area contributed by atoms with E-state index in [0.717, 1.165) is 19.4 Å². The van der Waals surface area contributed by atoms with Crippen LogP contribution in [0.25, 0.3) is 0 Å². The van der Waals surface area contributed by atoms with Crippen molar-refractivity contribution in [3.05, 3.63) is 30.1 Å². The molecular weight excluding hydrogens is 235 g/mol.